The molecule has 0 radical (unpaired) electrons. The van der Waals surface area contributed by atoms with Gasteiger partial charge in [-0.05, 0) is 40.7 Å². The quantitative estimate of drug-likeness (QED) is 0.748. The predicted octanol–water partition coefficient (Wildman–Crippen LogP) is 5.30. The van der Waals surface area contributed by atoms with Crippen molar-refractivity contribution in [2.45, 2.75) is 46.0 Å². The molecule has 2 heteroatoms. The summed E-state index contributed by atoms with van der Waals surface area (Å²) >= 11 is 6.01. The second kappa shape index (κ2) is 6.66. The maximum absolute atomic E-state index is 12.2. The van der Waals surface area contributed by atoms with Crippen molar-refractivity contribution in [1.29, 1.82) is 0 Å². The molecule has 0 heterocycles. The Balaban J connectivity index is 2.01. The lowest BCUT2D eigenvalue weighted by atomic mass is 9.86. The minimum absolute atomic E-state index is 0.142. The third-order valence-corrected chi connectivity index (χ3v) is 4.27. The van der Waals surface area contributed by atoms with E-state index in [4.69, 9.17) is 11.6 Å². The Kier molecular flexibility index (Phi) is 5.08. The Morgan fingerprint density at radius 2 is 1.50 bits per heavy atom. The molecule has 0 amide bonds. The van der Waals surface area contributed by atoms with Gasteiger partial charge in [0.15, 0.2) is 0 Å². The molecule has 0 unspecified atom stereocenters. The number of benzene rings is 2. The summed E-state index contributed by atoms with van der Waals surface area (Å²) in [5.74, 6) is 0.227. The summed E-state index contributed by atoms with van der Waals surface area (Å²) in [6.45, 7) is 8.53. The monoisotopic (exact) mass is 314 g/mol. The Hall–Kier alpha value is -1.60. The summed E-state index contributed by atoms with van der Waals surface area (Å²) in [4.78, 5) is 12.2. The van der Waals surface area contributed by atoms with Gasteiger partial charge < -0.3 is 0 Å². The maximum Gasteiger partial charge on any atom is 0.141 e. The van der Waals surface area contributed by atoms with E-state index in [1.165, 1.54) is 5.56 Å². The molecule has 0 bridgehead atoms. The van der Waals surface area contributed by atoms with Gasteiger partial charge in [-0.3, -0.25) is 4.79 Å². The highest BCUT2D eigenvalue weighted by atomic mass is 35.5. The average molecular weight is 315 g/mol. The van der Waals surface area contributed by atoms with E-state index in [1.54, 1.807) is 0 Å². The van der Waals surface area contributed by atoms with Gasteiger partial charge in [0, 0.05) is 17.9 Å². The third kappa shape index (κ3) is 4.45. The van der Waals surface area contributed by atoms with Gasteiger partial charge in [0.1, 0.15) is 5.78 Å². The van der Waals surface area contributed by atoms with Crippen LogP contribution in [-0.2, 0) is 23.1 Å². The van der Waals surface area contributed by atoms with Gasteiger partial charge in [-0.15, -0.1) is 0 Å². The van der Waals surface area contributed by atoms with Gasteiger partial charge >= 0.3 is 0 Å². The zero-order valence-electron chi connectivity index (χ0n) is 13.7. The van der Waals surface area contributed by atoms with E-state index in [9.17, 15) is 4.79 Å². The fourth-order valence-electron chi connectivity index (χ4n) is 2.46. The van der Waals surface area contributed by atoms with E-state index in [1.807, 2.05) is 25.1 Å². The lowest BCUT2D eigenvalue weighted by Crippen LogP contribution is -2.11. The van der Waals surface area contributed by atoms with E-state index in [0.717, 1.165) is 21.7 Å². The second-order valence-electron chi connectivity index (χ2n) is 6.92. The molecular formula is C20H23ClO. The number of hydrogen-bond acceptors (Lipinski definition) is 1. The van der Waals surface area contributed by atoms with Crippen molar-refractivity contribution in [3.05, 3.63) is 69.7 Å². The Morgan fingerprint density at radius 1 is 0.955 bits per heavy atom. The number of ketones is 1. The van der Waals surface area contributed by atoms with Gasteiger partial charge in [0.25, 0.3) is 0 Å². The predicted molar refractivity (Wildman–Crippen MR) is 93.7 cm³/mol. The third-order valence-electron chi connectivity index (χ3n) is 3.84. The minimum atomic E-state index is 0.142. The Morgan fingerprint density at radius 3 is 2.05 bits per heavy atom. The standard InChI is InChI=1S/C20H23ClO/c1-14-11-16(7-10-19(14)21)13-18(22)12-15-5-8-17(9-6-15)20(2,3)4/h5-11H,12-13H2,1-4H3. The van der Waals surface area contributed by atoms with Crippen LogP contribution in [0.2, 0.25) is 5.02 Å². The Bertz CT molecular complexity index is 663. The van der Waals surface area contributed by atoms with E-state index in [2.05, 4.69) is 45.0 Å². The molecule has 0 aromatic heterocycles. The van der Waals surface area contributed by atoms with Crippen LogP contribution in [0.25, 0.3) is 0 Å². The van der Waals surface area contributed by atoms with Crippen LogP contribution in [0.1, 0.15) is 43.0 Å². The Labute approximate surface area is 138 Å². The fourth-order valence-corrected chi connectivity index (χ4v) is 2.57. The zero-order chi connectivity index (χ0) is 16.3. The van der Waals surface area contributed by atoms with Crippen LogP contribution in [0.3, 0.4) is 0 Å². The van der Waals surface area contributed by atoms with E-state index >= 15 is 0 Å². The number of carbonyl (C=O) groups is 1. The molecule has 0 fully saturated rings. The van der Waals surface area contributed by atoms with Gasteiger partial charge in [0.05, 0.1) is 0 Å². The van der Waals surface area contributed by atoms with Gasteiger partial charge in [-0.2, -0.15) is 0 Å². The van der Waals surface area contributed by atoms with Crippen molar-refractivity contribution in [2.24, 2.45) is 0 Å². The van der Waals surface area contributed by atoms with Crippen LogP contribution in [0.4, 0.5) is 0 Å². The van der Waals surface area contributed by atoms with Crippen LogP contribution in [-0.4, -0.2) is 5.78 Å². The summed E-state index contributed by atoms with van der Waals surface area (Å²) in [6.07, 6.45) is 0.936. The molecule has 2 aromatic carbocycles. The molecule has 0 aliphatic rings. The highest BCUT2D eigenvalue weighted by Gasteiger charge is 2.13. The number of carbonyl (C=O) groups excluding carboxylic acids is 1. The molecule has 1 nitrogen and oxygen atoms in total. The van der Waals surface area contributed by atoms with Crippen molar-refractivity contribution in [3.8, 4) is 0 Å². The molecule has 0 spiro atoms. The van der Waals surface area contributed by atoms with Gasteiger partial charge in [-0.25, -0.2) is 0 Å². The van der Waals surface area contributed by atoms with Crippen LogP contribution >= 0.6 is 11.6 Å². The topological polar surface area (TPSA) is 17.1 Å². The number of halogens is 1. The van der Waals surface area contributed by atoms with E-state index < -0.39 is 0 Å². The number of hydrogen-bond donors (Lipinski definition) is 0. The fraction of sp³-hybridized carbons (Fsp3) is 0.350. The van der Waals surface area contributed by atoms with Crippen LogP contribution in [0, 0.1) is 6.92 Å². The van der Waals surface area contributed by atoms with Crippen molar-refractivity contribution in [1.82, 2.24) is 0 Å². The summed E-state index contributed by atoms with van der Waals surface area (Å²) in [7, 11) is 0. The summed E-state index contributed by atoms with van der Waals surface area (Å²) in [6, 6.07) is 14.1. The molecule has 0 N–H and O–H groups in total. The lowest BCUT2D eigenvalue weighted by molar-refractivity contribution is -0.117. The van der Waals surface area contributed by atoms with Gasteiger partial charge in [0.2, 0.25) is 0 Å². The van der Waals surface area contributed by atoms with Crippen LogP contribution < -0.4 is 0 Å². The van der Waals surface area contributed by atoms with Crippen molar-refractivity contribution < 1.29 is 4.79 Å². The average Bonchev–Trinajstić information content (AvgIpc) is 2.42. The largest absolute Gasteiger partial charge is 0.299 e. The first-order chi connectivity index (χ1) is 10.3. The molecule has 0 aliphatic heterocycles. The molecule has 0 saturated carbocycles. The van der Waals surface area contributed by atoms with Gasteiger partial charge in [-0.1, -0.05) is 68.8 Å². The van der Waals surface area contributed by atoms with E-state index in [-0.39, 0.29) is 11.2 Å². The van der Waals surface area contributed by atoms with Crippen molar-refractivity contribution in [2.75, 3.05) is 0 Å². The molecule has 116 valence electrons. The molecular weight excluding hydrogens is 292 g/mol. The normalized spacial score (nSPS) is 11.5. The molecule has 2 rings (SSSR count). The number of aryl methyl sites for hydroxylation is 1. The molecule has 22 heavy (non-hydrogen) atoms. The van der Waals surface area contributed by atoms with Crippen LogP contribution in [0.15, 0.2) is 42.5 Å². The number of Topliss-reactive ketones (excluding diaryl/α,β-unsaturated/α-hetero) is 1. The first-order valence-corrected chi connectivity index (χ1v) is 7.99. The van der Waals surface area contributed by atoms with Crippen molar-refractivity contribution >= 4 is 17.4 Å². The number of rotatable bonds is 4. The smallest absolute Gasteiger partial charge is 0.141 e. The highest BCUT2D eigenvalue weighted by Crippen LogP contribution is 2.22. The second-order valence-corrected chi connectivity index (χ2v) is 7.33. The first kappa shape index (κ1) is 16.8. The molecule has 0 atom stereocenters. The summed E-state index contributed by atoms with van der Waals surface area (Å²) in [5, 5.41) is 0.744. The molecule has 2 aromatic rings. The lowest BCUT2D eigenvalue weighted by Gasteiger charge is -2.19. The summed E-state index contributed by atoms with van der Waals surface area (Å²) in [5.41, 5.74) is 4.55. The van der Waals surface area contributed by atoms with E-state index in [0.29, 0.717) is 12.8 Å². The minimum Gasteiger partial charge on any atom is -0.299 e. The zero-order valence-corrected chi connectivity index (χ0v) is 14.5. The van der Waals surface area contributed by atoms with Crippen molar-refractivity contribution in [3.63, 3.8) is 0 Å². The SMILES string of the molecule is Cc1cc(CC(=O)Cc2ccc(C(C)(C)C)cc2)ccc1Cl. The first-order valence-electron chi connectivity index (χ1n) is 7.62. The summed E-state index contributed by atoms with van der Waals surface area (Å²) < 4.78 is 0. The maximum atomic E-state index is 12.2. The molecule has 0 aliphatic carbocycles. The molecule has 0 saturated heterocycles. The highest BCUT2D eigenvalue weighted by molar-refractivity contribution is 6.31. The van der Waals surface area contributed by atoms with Crippen LogP contribution in [0.5, 0.6) is 0 Å².